The highest BCUT2D eigenvalue weighted by molar-refractivity contribution is 6.30. The van der Waals surface area contributed by atoms with E-state index in [1.807, 2.05) is 24.3 Å². The van der Waals surface area contributed by atoms with Crippen molar-refractivity contribution in [1.29, 1.82) is 0 Å². The van der Waals surface area contributed by atoms with Crippen molar-refractivity contribution < 1.29 is 14.9 Å². The normalized spacial score (nSPS) is 22.3. The molecule has 1 aromatic carbocycles. The summed E-state index contributed by atoms with van der Waals surface area (Å²) in [4.78, 5) is 0. The van der Waals surface area contributed by atoms with Crippen LogP contribution in [0.3, 0.4) is 0 Å². The van der Waals surface area contributed by atoms with E-state index in [1.54, 1.807) is 6.08 Å². The molecule has 3 nitrogen and oxygen atoms in total. The lowest BCUT2D eigenvalue weighted by molar-refractivity contribution is -0.0447. The quantitative estimate of drug-likeness (QED) is 0.839. The minimum absolute atomic E-state index is 0.0241. The maximum atomic E-state index is 9.49. The molecule has 1 aromatic rings. The van der Waals surface area contributed by atoms with Gasteiger partial charge in [-0.15, -0.1) is 6.58 Å². The molecule has 0 amide bonds. The Kier molecular flexibility index (Phi) is 7.75. The first-order valence-corrected chi connectivity index (χ1v) is 6.82. The van der Waals surface area contributed by atoms with Crippen LogP contribution in [0.4, 0.5) is 0 Å². The molecule has 0 aromatic heterocycles. The van der Waals surface area contributed by atoms with Crippen LogP contribution in [-0.4, -0.2) is 29.5 Å². The van der Waals surface area contributed by atoms with E-state index < -0.39 is 0 Å². The molecule has 1 aliphatic rings. The lowest BCUT2D eigenvalue weighted by Gasteiger charge is -2.26. The van der Waals surface area contributed by atoms with Crippen LogP contribution in [0.1, 0.15) is 30.9 Å². The van der Waals surface area contributed by atoms with Crippen molar-refractivity contribution in [2.75, 3.05) is 13.2 Å². The summed E-state index contributed by atoms with van der Waals surface area (Å²) in [7, 11) is 0. The smallest absolute Gasteiger partial charge is 0.0849 e. The van der Waals surface area contributed by atoms with E-state index in [-0.39, 0.29) is 18.8 Å². The summed E-state index contributed by atoms with van der Waals surface area (Å²) in [6.07, 6.45) is 3.60. The van der Waals surface area contributed by atoms with Crippen molar-refractivity contribution >= 4 is 11.6 Å². The monoisotopic (exact) mass is 284 g/mol. The second-order valence-electron chi connectivity index (χ2n) is 4.39. The second kappa shape index (κ2) is 9.10. The molecule has 1 saturated heterocycles. The van der Waals surface area contributed by atoms with Gasteiger partial charge in [-0.05, 0) is 30.5 Å². The van der Waals surface area contributed by atoms with Gasteiger partial charge in [-0.2, -0.15) is 0 Å². The largest absolute Gasteiger partial charge is 0.396 e. The molecule has 4 heteroatoms. The summed E-state index contributed by atoms with van der Waals surface area (Å²) in [5, 5.41) is 18.2. The Hall–Kier alpha value is -0.870. The molecule has 19 heavy (non-hydrogen) atoms. The molecular formula is C15H21ClO3. The predicted octanol–water partition coefficient (Wildman–Crippen LogP) is 3.11. The number of hydrogen-bond acceptors (Lipinski definition) is 3. The molecule has 0 bridgehead atoms. The van der Waals surface area contributed by atoms with Crippen LogP contribution in [0.2, 0.25) is 5.02 Å². The minimum atomic E-state index is -0.232. The number of rotatable bonds is 3. The maximum Gasteiger partial charge on any atom is 0.0849 e. The molecule has 0 radical (unpaired) electrons. The van der Waals surface area contributed by atoms with E-state index >= 15 is 0 Å². The molecule has 2 atom stereocenters. The van der Waals surface area contributed by atoms with Gasteiger partial charge in [0.05, 0.1) is 12.2 Å². The summed E-state index contributed by atoms with van der Waals surface area (Å²) in [5.74, 6) is 0. The SMILES string of the molecule is C=CCCO.OC1CCOC(c2ccc(Cl)cc2)C1. The summed E-state index contributed by atoms with van der Waals surface area (Å²) >= 11 is 5.79. The zero-order valence-corrected chi connectivity index (χ0v) is 11.7. The Balaban J connectivity index is 0.000000312. The fraction of sp³-hybridized carbons (Fsp3) is 0.467. The highest BCUT2D eigenvalue weighted by Gasteiger charge is 2.21. The van der Waals surface area contributed by atoms with Crippen LogP contribution in [0.15, 0.2) is 36.9 Å². The third-order valence-corrected chi connectivity index (χ3v) is 3.08. The van der Waals surface area contributed by atoms with Crippen LogP contribution < -0.4 is 0 Å². The number of ether oxygens (including phenoxy) is 1. The Morgan fingerprint density at radius 3 is 2.53 bits per heavy atom. The molecule has 106 valence electrons. The van der Waals surface area contributed by atoms with Crippen molar-refractivity contribution in [2.24, 2.45) is 0 Å². The standard InChI is InChI=1S/C11H13ClO2.C4H8O/c12-9-3-1-8(2-4-9)11-7-10(13)5-6-14-11;1-2-3-4-5/h1-4,10-11,13H,5-7H2;2,5H,1,3-4H2. The summed E-state index contributed by atoms with van der Waals surface area (Å²) in [6.45, 7) is 4.25. The Labute approximate surface area is 119 Å². The summed E-state index contributed by atoms with van der Waals surface area (Å²) in [5.41, 5.74) is 1.09. The van der Waals surface area contributed by atoms with Gasteiger partial charge in [0.25, 0.3) is 0 Å². The fourth-order valence-electron chi connectivity index (χ4n) is 1.78. The van der Waals surface area contributed by atoms with E-state index in [0.29, 0.717) is 19.4 Å². The van der Waals surface area contributed by atoms with Gasteiger partial charge in [-0.25, -0.2) is 0 Å². The van der Waals surface area contributed by atoms with Crippen LogP contribution >= 0.6 is 11.6 Å². The molecule has 2 unspecified atom stereocenters. The van der Waals surface area contributed by atoms with Gasteiger partial charge in [-0.1, -0.05) is 29.8 Å². The lowest BCUT2D eigenvalue weighted by Crippen LogP contribution is -2.23. The van der Waals surface area contributed by atoms with Gasteiger partial charge in [0.15, 0.2) is 0 Å². The van der Waals surface area contributed by atoms with Crippen molar-refractivity contribution in [1.82, 2.24) is 0 Å². The van der Waals surface area contributed by atoms with E-state index in [2.05, 4.69) is 6.58 Å². The first-order valence-electron chi connectivity index (χ1n) is 6.44. The highest BCUT2D eigenvalue weighted by atomic mass is 35.5. The van der Waals surface area contributed by atoms with Gasteiger partial charge in [0.1, 0.15) is 0 Å². The van der Waals surface area contributed by atoms with Crippen molar-refractivity contribution in [2.45, 2.75) is 31.5 Å². The number of aliphatic hydroxyl groups is 2. The predicted molar refractivity (Wildman–Crippen MR) is 77.3 cm³/mol. The minimum Gasteiger partial charge on any atom is -0.396 e. The molecule has 0 saturated carbocycles. The van der Waals surface area contributed by atoms with E-state index in [4.69, 9.17) is 21.4 Å². The third-order valence-electron chi connectivity index (χ3n) is 2.83. The number of benzene rings is 1. The fourth-order valence-corrected chi connectivity index (χ4v) is 1.91. The summed E-state index contributed by atoms with van der Waals surface area (Å²) < 4.78 is 5.57. The molecule has 1 heterocycles. The molecule has 1 fully saturated rings. The first-order chi connectivity index (χ1) is 9.17. The van der Waals surface area contributed by atoms with E-state index in [1.165, 1.54) is 0 Å². The van der Waals surface area contributed by atoms with Crippen LogP contribution in [0, 0.1) is 0 Å². The van der Waals surface area contributed by atoms with Crippen LogP contribution in [0.5, 0.6) is 0 Å². The van der Waals surface area contributed by atoms with Crippen molar-refractivity contribution in [3.8, 4) is 0 Å². The molecule has 2 rings (SSSR count). The average molecular weight is 285 g/mol. The number of aliphatic hydroxyl groups excluding tert-OH is 2. The van der Waals surface area contributed by atoms with Gasteiger partial charge in [-0.3, -0.25) is 0 Å². The Morgan fingerprint density at radius 1 is 1.37 bits per heavy atom. The number of hydrogen-bond donors (Lipinski definition) is 2. The van der Waals surface area contributed by atoms with Gasteiger partial charge < -0.3 is 14.9 Å². The second-order valence-corrected chi connectivity index (χ2v) is 4.83. The average Bonchev–Trinajstić information content (AvgIpc) is 2.41. The lowest BCUT2D eigenvalue weighted by atomic mass is 10.00. The van der Waals surface area contributed by atoms with Gasteiger partial charge in [0.2, 0.25) is 0 Å². The Bertz CT molecular complexity index is 364. The van der Waals surface area contributed by atoms with Crippen molar-refractivity contribution in [3.63, 3.8) is 0 Å². The van der Waals surface area contributed by atoms with E-state index in [0.717, 1.165) is 17.0 Å². The zero-order valence-electron chi connectivity index (χ0n) is 11.0. The van der Waals surface area contributed by atoms with Crippen molar-refractivity contribution in [3.05, 3.63) is 47.5 Å². The molecule has 0 aliphatic carbocycles. The Morgan fingerprint density at radius 2 is 2.05 bits per heavy atom. The first kappa shape index (κ1) is 16.2. The maximum absolute atomic E-state index is 9.49. The van der Waals surface area contributed by atoms with Crippen LogP contribution in [0.25, 0.3) is 0 Å². The highest BCUT2D eigenvalue weighted by Crippen LogP contribution is 2.28. The third kappa shape index (κ3) is 6.21. The van der Waals surface area contributed by atoms with Gasteiger partial charge >= 0.3 is 0 Å². The molecular weight excluding hydrogens is 264 g/mol. The van der Waals surface area contributed by atoms with Crippen LogP contribution in [-0.2, 0) is 4.74 Å². The molecule has 1 aliphatic heterocycles. The van der Waals surface area contributed by atoms with E-state index in [9.17, 15) is 5.11 Å². The molecule has 2 N–H and O–H groups in total. The van der Waals surface area contributed by atoms with Gasteiger partial charge in [0, 0.05) is 24.7 Å². The zero-order chi connectivity index (χ0) is 14.1. The summed E-state index contributed by atoms with van der Waals surface area (Å²) in [6, 6.07) is 7.60. The molecule has 0 spiro atoms. The topological polar surface area (TPSA) is 49.7 Å². The number of halogens is 1.